The van der Waals surface area contributed by atoms with E-state index in [-0.39, 0.29) is 0 Å². The van der Waals surface area contributed by atoms with Crippen molar-refractivity contribution in [3.63, 3.8) is 0 Å². The Morgan fingerprint density at radius 3 is 2.57 bits per heavy atom. The van der Waals surface area contributed by atoms with Gasteiger partial charge in [0, 0.05) is 0 Å². The molecule has 0 heterocycles. The summed E-state index contributed by atoms with van der Waals surface area (Å²) in [5.74, 6) is -0.424. The van der Waals surface area contributed by atoms with Crippen LogP contribution in [0.3, 0.4) is 0 Å². The van der Waals surface area contributed by atoms with Gasteiger partial charge in [0.15, 0.2) is 0 Å². The first-order valence-electron chi connectivity index (χ1n) is 4.36. The zero-order chi connectivity index (χ0) is 11.0. The lowest BCUT2D eigenvalue weighted by Gasteiger charge is -2.01. The maximum Gasteiger partial charge on any atom is 0.337 e. The van der Waals surface area contributed by atoms with E-state index in [1.807, 2.05) is 19.3 Å². The second-order valence-electron chi connectivity index (χ2n) is 2.18. The van der Waals surface area contributed by atoms with Crippen molar-refractivity contribution in [3.8, 4) is 0 Å². The van der Waals surface area contributed by atoms with E-state index in [4.69, 9.17) is 5.21 Å². The fourth-order valence-corrected chi connectivity index (χ4v) is 0.834. The molecule has 1 aromatic carbocycles. The molecule has 1 rings (SSSR count). The summed E-state index contributed by atoms with van der Waals surface area (Å²) in [6.07, 6.45) is 0. The molecule has 0 aliphatic carbocycles. The molecule has 0 aliphatic rings. The number of esters is 1. The molecule has 0 aromatic heterocycles. The van der Waals surface area contributed by atoms with Crippen LogP contribution in [0.1, 0.15) is 24.2 Å². The highest BCUT2D eigenvalue weighted by atomic mass is 16.5. The number of carbonyl (C=O) groups is 1. The van der Waals surface area contributed by atoms with Gasteiger partial charge in [0.05, 0.1) is 18.4 Å². The predicted octanol–water partition coefficient (Wildman–Crippen LogP) is 2.30. The monoisotopic (exact) mass is 197 g/mol. The number of hydrogen-bond donors (Lipinski definition) is 2. The summed E-state index contributed by atoms with van der Waals surface area (Å²) in [7, 11) is 1.31. The van der Waals surface area contributed by atoms with Crippen LogP contribution in [0.4, 0.5) is 5.69 Å². The Labute approximate surface area is 83.5 Å². The van der Waals surface area contributed by atoms with Gasteiger partial charge >= 0.3 is 5.97 Å². The van der Waals surface area contributed by atoms with E-state index in [9.17, 15) is 4.79 Å². The van der Waals surface area contributed by atoms with Gasteiger partial charge in [-0.15, -0.1) is 0 Å². The largest absolute Gasteiger partial charge is 0.465 e. The molecule has 0 atom stereocenters. The summed E-state index contributed by atoms with van der Waals surface area (Å²) in [6.45, 7) is 4.00. The van der Waals surface area contributed by atoms with E-state index < -0.39 is 5.97 Å². The summed E-state index contributed by atoms with van der Waals surface area (Å²) >= 11 is 0. The maximum atomic E-state index is 10.9. The van der Waals surface area contributed by atoms with Crippen LogP contribution in [0, 0.1) is 0 Å². The number of carbonyl (C=O) groups excluding carboxylic acids is 1. The number of anilines is 1. The summed E-state index contributed by atoms with van der Waals surface area (Å²) in [5, 5.41) is 8.51. The van der Waals surface area contributed by atoms with Crippen molar-refractivity contribution >= 4 is 11.7 Å². The minimum absolute atomic E-state index is 0.400. The number of rotatable bonds is 2. The summed E-state index contributed by atoms with van der Waals surface area (Å²) in [6, 6.07) is 6.37. The van der Waals surface area contributed by atoms with Crippen molar-refractivity contribution < 1.29 is 14.7 Å². The van der Waals surface area contributed by atoms with E-state index in [1.165, 1.54) is 13.2 Å². The second-order valence-corrected chi connectivity index (χ2v) is 2.18. The number of hydrogen-bond acceptors (Lipinski definition) is 4. The summed E-state index contributed by atoms with van der Waals surface area (Å²) in [4.78, 5) is 10.9. The van der Waals surface area contributed by atoms with Gasteiger partial charge in [-0.2, -0.15) is 0 Å². The zero-order valence-corrected chi connectivity index (χ0v) is 8.57. The quantitative estimate of drug-likeness (QED) is 0.564. The Hall–Kier alpha value is -1.55. The van der Waals surface area contributed by atoms with Crippen molar-refractivity contribution in [2.24, 2.45) is 0 Å². The SMILES string of the molecule is CC.COC(=O)c1cccc(NO)c1. The number of benzene rings is 1. The van der Waals surface area contributed by atoms with E-state index in [0.717, 1.165) is 0 Å². The van der Waals surface area contributed by atoms with Gasteiger partial charge in [-0.1, -0.05) is 19.9 Å². The first-order valence-corrected chi connectivity index (χ1v) is 4.36. The first kappa shape index (κ1) is 12.4. The summed E-state index contributed by atoms with van der Waals surface area (Å²) < 4.78 is 4.49. The van der Waals surface area contributed by atoms with Crippen LogP contribution in [-0.2, 0) is 4.74 Å². The first-order chi connectivity index (χ1) is 6.77. The fraction of sp³-hybridized carbons (Fsp3) is 0.300. The van der Waals surface area contributed by atoms with Gasteiger partial charge in [-0.25, -0.2) is 4.79 Å². The van der Waals surface area contributed by atoms with Gasteiger partial charge in [-0.05, 0) is 18.2 Å². The van der Waals surface area contributed by atoms with Gasteiger partial charge < -0.3 is 4.74 Å². The van der Waals surface area contributed by atoms with Crippen LogP contribution in [-0.4, -0.2) is 18.3 Å². The van der Waals surface area contributed by atoms with Crippen molar-refractivity contribution in [3.05, 3.63) is 29.8 Å². The molecular formula is C10H15NO3. The lowest BCUT2D eigenvalue weighted by Crippen LogP contribution is -2.01. The molecule has 14 heavy (non-hydrogen) atoms. The number of ether oxygens (including phenoxy) is 1. The Bertz CT molecular complexity index is 286. The lowest BCUT2D eigenvalue weighted by molar-refractivity contribution is 0.0601. The molecule has 0 aliphatic heterocycles. The Kier molecular flexibility index (Phi) is 6.15. The Morgan fingerprint density at radius 2 is 2.07 bits per heavy atom. The minimum atomic E-state index is -0.424. The van der Waals surface area contributed by atoms with Gasteiger partial charge in [-0.3, -0.25) is 10.7 Å². The summed E-state index contributed by atoms with van der Waals surface area (Å²) in [5.41, 5.74) is 2.79. The fourth-order valence-electron chi connectivity index (χ4n) is 0.834. The third-order valence-corrected chi connectivity index (χ3v) is 1.41. The molecule has 2 N–H and O–H groups in total. The van der Waals surface area contributed by atoms with E-state index in [0.29, 0.717) is 11.3 Å². The van der Waals surface area contributed by atoms with Crippen LogP contribution < -0.4 is 5.48 Å². The van der Waals surface area contributed by atoms with Crippen molar-refractivity contribution in [2.45, 2.75) is 13.8 Å². The molecule has 4 nitrogen and oxygen atoms in total. The van der Waals surface area contributed by atoms with Crippen LogP contribution in [0.15, 0.2) is 24.3 Å². The van der Waals surface area contributed by atoms with E-state index in [2.05, 4.69) is 4.74 Å². The smallest absolute Gasteiger partial charge is 0.337 e. The van der Waals surface area contributed by atoms with Crippen LogP contribution in [0.25, 0.3) is 0 Å². The van der Waals surface area contributed by atoms with Crippen molar-refractivity contribution in [2.75, 3.05) is 12.6 Å². The third-order valence-electron chi connectivity index (χ3n) is 1.41. The molecule has 0 fully saturated rings. The molecular weight excluding hydrogens is 182 g/mol. The molecule has 4 heteroatoms. The van der Waals surface area contributed by atoms with Crippen molar-refractivity contribution in [1.82, 2.24) is 0 Å². The highest BCUT2D eigenvalue weighted by Crippen LogP contribution is 2.09. The molecule has 0 saturated heterocycles. The average molecular weight is 197 g/mol. The molecule has 78 valence electrons. The Balaban J connectivity index is 0.000000791. The van der Waals surface area contributed by atoms with Gasteiger partial charge in [0.1, 0.15) is 0 Å². The molecule has 0 spiro atoms. The van der Waals surface area contributed by atoms with Gasteiger partial charge in [0.2, 0.25) is 0 Å². The molecule has 0 radical (unpaired) electrons. The Morgan fingerprint density at radius 1 is 1.43 bits per heavy atom. The second kappa shape index (κ2) is 6.91. The van der Waals surface area contributed by atoms with Crippen LogP contribution in [0.2, 0.25) is 0 Å². The minimum Gasteiger partial charge on any atom is -0.465 e. The molecule has 0 saturated carbocycles. The highest BCUT2D eigenvalue weighted by Gasteiger charge is 2.04. The average Bonchev–Trinajstić information content (AvgIpc) is 2.30. The standard InChI is InChI=1S/C8H9NO3.C2H6/c1-12-8(10)6-3-2-4-7(5-6)9-11;1-2/h2-5,9,11H,1H3;1-2H3. The van der Waals surface area contributed by atoms with Crippen LogP contribution >= 0.6 is 0 Å². The van der Waals surface area contributed by atoms with E-state index >= 15 is 0 Å². The molecule has 0 amide bonds. The predicted molar refractivity (Wildman–Crippen MR) is 54.5 cm³/mol. The molecule has 0 bridgehead atoms. The topological polar surface area (TPSA) is 58.6 Å². The maximum absolute atomic E-state index is 10.9. The number of methoxy groups -OCH3 is 1. The molecule has 0 unspecified atom stereocenters. The van der Waals surface area contributed by atoms with Crippen molar-refractivity contribution in [1.29, 1.82) is 0 Å². The van der Waals surface area contributed by atoms with E-state index in [1.54, 1.807) is 18.2 Å². The molecule has 1 aromatic rings. The van der Waals surface area contributed by atoms with Gasteiger partial charge in [0.25, 0.3) is 0 Å². The number of nitrogens with one attached hydrogen (secondary N) is 1. The lowest BCUT2D eigenvalue weighted by atomic mass is 10.2. The highest BCUT2D eigenvalue weighted by molar-refractivity contribution is 5.90. The third kappa shape index (κ3) is 3.45. The normalized spacial score (nSPS) is 8.29. The van der Waals surface area contributed by atoms with Crippen LogP contribution in [0.5, 0.6) is 0 Å². The zero-order valence-electron chi connectivity index (χ0n) is 8.57.